The van der Waals surface area contributed by atoms with Crippen LogP contribution < -0.4 is 4.90 Å². The third-order valence-electron chi connectivity index (χ3n) is 5.87. The van der Waals surface area contributed by atoms with Gasteiger partial charge in [0.15, 0.2) is 0 Å². The Morgan fingerprint density at radius 2 is 2.12 bits per heavy atom. The van der Waals surface area contributed by atoms with Gasteiger partial charge in [0.2, 0.25) is 11.8 Å². The molecule has 1 atom stereocenters. The molecule has 0 radical (unpaired) electrons. The van der Waals surface area contributed by atoms with Gasteiger partial charge in [-0.3, -0.25) is 14.3 Å². The minimum Gasteiger partial charge on any atom is -0.393 e. The number of anilines is 1. The first-order valence-electron chi connectivity index (χ1n) is 8.76. The Morgan fingerprint density at radius 3 is 2.79 bits per heavy atom. The largest absolute Gasteiger partial charge is 0.393 e. The van der Waals surface area contributed by atoms with E-state index in [-0.39, 0.29) is 23.8 Å². The average Bonchev–Trinajstić information content (AvgIpc) is 3.09. The van der Waals surface area contributed by atoms with Gasteiger partial charge in [-0.1, -0.05) is 0 Å². The van der Waals surface area contributed by atoms with E-state index >= 15 is 0 Å². The Balaban J connectivity index is 1.48. The standard InChI is InChI=1S/C17H24N4O3/c1-19-10-13(9-18-19)21-6-4-17(16(21)24)3-2-5-20(11-17)15(23)12-7-14(22)8-12/h9-10,12,14,22H,2-8,11H2,1H3. The monoisotopic (exact) mass is 332 g/mol. The van der Waals surface area contributed by atoms with E-state index in [1.54, 1.807) is 10.9 Å². The van der Waals surface area contributed by atoms with E-state index in [4.69, 9.17) is 0 Å². The van der Waals surface area contributed by atoms with Crippen LogP contribution in [0.25, 0.3) is 0 Å². The zero-order valence-corrected chi connectivity index (χ0v) is 14.0. The second-order valence-electron chi connectivity index (χ2n) is 7.54. The van der Waals surface area contributed by atoms with Gasteiger partial charge in [0.05, 0.1) is 23.4 Å². The molecule has 2 amide bonds. The molecule has 2 saturated heterocycles. The molecule has 1 aliphatic carbocycles. The Kier molecular flexibility index (Phi) is 3.63. The number of carbonyl (C=O) groups excluding carboxylic acids is 2. The van der Waals surface area contributed by atoms with Crippen LogP contribution in [0.2, 0.25) is 0 Å². The second kappa shape index (κ2) is 5.58. The maximum absolute atomic E-state index is 13.1. The highest BCUT2D eigenvalue weighted by atomic mass is 16.3. The van der Waals surface area contributed by atoms with Crippen molar-refractivity contribution in [2.24, 2.45) is 18.4 Å². The van der Waals surface area contributed by atoms with Crippen molar-refractivity contribution in [3.8, 4) is 0 Å². The molecule has 1 aromatic rings. The predicted octanol–water partition coefficient (Wildman–Crippen LogP) is 0.536. The molecule has 0 aromatic carbocycles. The van der Waals surface area contributed by atoms with E-state index in [1.165, 1.54) is 0 Å². The summed E-state index contributed by atoms with van der Waals surface area (Å²) in [5.74, 6) is 0.190. The summed E-state index contributed by atoms with van der Waals surface area (Å²) < 4.78 is 1.70. The normalized spacial score (nSPS) is 33.2. The molecule has 0 bridgehead atoms. The van der Waals surface area contributed by atoms with Crippen molar-refractivity contribution in [1.82, 2.24) is 14.7 Å². The summed E-state index contributed by atoms with van der Waals surface area (Å²) in [6, 6.07) is 0. The number of aryl methyl sites for hydroxylation is 1. The summed E-state index contributed by atoms with van der Waals surface area (Å²) in [7, 11) is 1.84. The van der Waals surface area contributed by atoms with Crippen LogP contribution in [0.1, 0.15) is 32.1 Å². The molecule has 1 aromatic heterocycles. The van der Waals surface area contributed by atoms with Gasteiger partial charge in [-0.2, -0.15) is 5.10 Å². The molecule has 1 N–H and O–H groups in total. The maximum Gasteiger partial charge on any atom is 0.235 e. The van der Waals surface area contributed by atoms with Crippen LogP contribution in [-0.2, 0) is 16.6 Å². The van der Waals surface area contributed by atoms with Crippen molar-refractivity contribution in [3.05, 3.63) is 12.4 Å². The topological polar surface area (TPSA) is 78.7 Å². The van der Waals surface area contributed by atoms with Crippen molar-refractivity contribution in [3.63, 3.8) is 0 Å². The highest BCUT2D eigenvalue weighted by Crippen LogP contribution is 2.42. The number of rotatable bonds is 2. The van der Waals surface area contributed by atoms with E-state index in [0.29, 0.717) is 25.9 Å². The number of aromatic nitrogens is 2. The number of aliphatic hydroxyl groups excluding tert-OH is 1. The van der Waals surface area contributed by atoms with Gasteiger partial charge in [-0.25, -0.2) is 0 Å². The lowest BCUT2D eigenvalue weighted by Gasteiger charge is -2.42. The highest BCUT2D eigenvalue weighted by Gasteiger charge is 2.51. The minimum absolute atomic E-state index is 0.0546. The molecule has 3 aliphatic rings. The lowest BCUT2D eigenvalue weighted by atomic mass is 9.76. The fourth-order valence-electron chi connectivity index (χ4n) is 4.36. The van der Waals surface area contributed by atoms with Gasteiger partial charge in [0.25, 0.3) is 0 Å². The van der Waals surface area contributed by atoms with E-state index in [2.05, 4.69) is 5.10 Å². The molecule has 24 heavy (non-hydrogen) atoms. The van der Waals surface area contributed by atoms with E-state index in [0.717, 1.165) is 31.5 Å². The van der Waals surface area contributed by atoms with Crippen molar-refractivity contribution in [2.45, 2.75) is 38.2 Å². The summed E-state index contributed by atoms with van der Waals surface area (Å²) >= 11 is 0. The van der Waals surface area contributed by atoms with Gasteiger partial charge in [0.1, 0.15) is 0 Å². The predicted molar refractivity (Wildman–Crippen MR) is 87.2 cm³/mol. The minimum atomic E-state index is -0.438. The number of aliphatic hydroxyl groups is 1. The first kappa shape index (κ1) is 15.6. The Morgan fingerprint density at radius 1 is 1.33 bits per heavy atom. The number of nitrogens with zero attached hydrogens (tertiary/aromatic N) is 4. The fraction of sp³-hybridized carbons (Fsp3) is 0.706. The molecular formula is C17H24N4O3. The Hall–Kier alpha value is -1.89. The molecule has 7 heteroatoms. The number of hydrogen-bond acceptors (Lipinski definition) is 4. The zero-order valence-electron chi connectivity index (χ0n) is 14.0. The lowest BCUT2D eigenvalue weighted by Crippen LogP contribution is -2.53. The molecule has 1 unspecified atom stereocenters. The average molecular weight is 332 g/mol. The van der Waals surface area contributed by atoms with Crippen molar-refractivity contribution in [1.29, 1.82) is 0 Å². The van der Waals surface area contributed by atoms with Crippen LogP contribution >= 0.6 is 0 Å². The molecule has 2 aliphatic heterocycles. The lowest BCUT2D eigenvalue weighted by molar-refractivity contribution is -0.147. The first-order valence-corrected chi connectivity index (χ1v) is 8.76. The van der Waals surface area contributed by atoms with Crippen molar-refractivity contribution < 1.29 is 14.7 Å². The maximum atomic E-state index is 13.1. The molecule has 7 nitrogen and oxygen atoms in total. The highest BCUT2D eigenvalue weighted by molar-refractivity contribution is 6.00. The first-order chi connectivity index (χ1) is 11.5. The quantitative estimate of drug-likeness (QED) is 0.857. The Labute approximate surface area is 141 Å². The number of likely N-dealkylation sites (tertiary alicyclic amines) is 1. The number of carbonyl (C=O) groups is 2. The van der Waals surface area contributed by atoms with Gasteiger partial charge in [-0.05, 0) is 32.1 Å². The molecule has 3 heterocycles. The molecule has 1 spiro atoms. The van der Waals surface area contributed by atoms with Crippen LogP contribution in [0.15, 0.2) is 12.4 Å². The number of amides is 2. The molecule has 4 rings (SSSR count). The van der Waals surface area contributed by atoms with Crippen LogP contribution in [0.3, 0.4) is 0 Å². The van der Waals surface area contributed by atoms with E-state index in [9.17, 15) is 14.7 Å². The van der Waals surface area contributed by atoms with Crippen molar-refractivity contribution >= 4 is 17.5 Å². The van der Waals surface area contributed by atoms with Crippen LogP contribution in [0.4, 0.5) is 5.69 Å². The molecule has 3 fully saturated rings. The summed E-state index contributed by atoms with van der Waals surface area (Å²) in [5.41, 5.74) is 0.400. The van der Waals surface area contributed by atoms with Gasteiger partial charge < -0.3 is 14.9 Å². The summed E-state index contributed by atoms with van der Waals surface area (Å²) in [4.78, 5) is 29.4. The smallest absolute Gasteiger partial charge is 0.235 e. The summed E-state index contributed by atoms with van der Waals surface area (Å²) in [5, 5.41) is 13.6. The molecular weight excluding hydrogens is 308 g/mol. The third-order valence-corrected chi connectivity index (χ3v) is 5.87. The number of piperidine rings is 1. The fourth-order valence-corrected chi connectivity index (χ4v) is 4.36. The SMILES string of the molecule is Cn1cc(N2CCC3(CCCN(C(=O)C4CC(O)C4)C3)C2=O)cn1. The summed E-state index contributed by atoms with van der Waals surface area (Å²) in [6.45, 7) is 1.94. The molecule has 130 valence electrons. The van der Waals surface area contributed by atoms with Gasteiger partial charge in [-0.15, -0.1) is 0 Å². The summed E-state index contributed by atoms with van der Waals surface area (Å²) in [6.07, 6.45) is 6.89. The zero-order chi connectivity index (χ0) is 16.9. The van der Waals surface area contributed by atoms with Crippen LogP contribution in [0, 0.1) is 11.3 Å². The van der Waals surface area contributed by atoms with Crippen LogP contribution in [-0.4, -0.2) is 57.3 Å². The van der Waals surface area contributed by atoms with Gasteiger partial charge >= 0.3 is 0 Å². The Bertz CT molecular complexity index is 667. The number of hydrogen-bond donors (Lipinski definition) is 1. The van der Waals surface area contributed by atoms with Crippen LogP contribution in [0.5, 0.6) is 0 Å². The molecule has 1 saturated carbocycles. The second-order valence-corrected chi connectivity index (χ2v) is 7.54. The van der Waals surface area contributed by atoms with Crippen molar-refractivity contribution in [2.75, 3.05) is 24.5 Å². The third kappa shape index (κ3) is 2.42. The van der Waals surface area contributed by atoms with E-state index in [1.807, 2.05) is 23.0 Å². The van der Waals surface area contributed by atoms with Gasteiger partial charge in [0, 0.05) is 38.8 Å². The van der Waals surface area contributed by atoms with E-state index < -0.39 is 5.41 Å².